The maximum Gasteiger partial charge on any atom is 0.335 e. The molecule has 0 unspecified atom stereocenters. The van der Waals surface area contributed by atoms with Crippen LogP contribution < -0.4 is 10.2 Å². The van der Waals surface area contributed by atoms with Crippen LogP contribution in [0.5, 0.6) is 28.7 Å². The molecule has 1 fully saturated rings. The Morgan fingerprint density at radius 1 is 0.912 bits per heavy atom. The SMILES string of the molecule is O=C(O)[C@@H]1O[C@@H](Oc2c(O)cc(O)c3c(=O)c(O)c(-c4ccc(O)cc4)oc23)[C@H](O)[C@@H](O)[C@@H]1O. The van der Waals surface area contributed by atoms with E-state index in [0.717, 1.165) is 0 Å². The Labute approximate surface area is 188 Å². The van der Waals surface area contributed by atoms with E-state index in [4.69, 9.17) is 13.9 Å². The average Bonchev–Trinajstić information content (AvgIpc) is 2.78. The van der Waals surface area contributed by atoms with Gasteiger partial charge in [0.05, 0.1) is 0 Å². The normalized spacial score (nSPS) is 24.7. The molecule has 0 aliphatic carbocycles. The minimum Gasteiger partial charge on any atom is -0.508 e. The second kappa shape index (κ2) is 8.39. The molecule has 4 rings (SSSR count). The zero-order chi connectivity index (χ0) is 24.9. The van der Waals surface area contributed by atoms with E-state index in [1.807, 2.05) is 0 Å². The molecular formula is C21H18O13. The highest BCUT2D eigenvalue weighted by atomic mass is 16.7. The van der Waals surface area contributed by atoms with Gasteiger partial charge in [-0.15, -0.1) is 0 Å². The zero-order valence-electron chi connectivity index (χ0n) is 16.9. The van der Waals surface area contributed by atoms with E-state index in [0.29, 0.717) is 6.07 Å². The number of aromatic hydroxyl groups is 4. The van der Waals surface area contributed by atoms with Crippen molar-refractivity contribution in [3.63, 3.8) is 0 Å². The Hall–Kier alpha value is -4.04. The summed E-state index contributed by atoms with van der Waals surface area (Å²) in [5.41, 5.74) is -1.64. The van der Waals surface area contributed by atoms with Gasteiger partial charge in [0.1, 0.15) is 35.2 Å². The second-order valence-corrected chi connectivity index (χ2v) is 7.46. The van der Waals surface area contributed by atoms with E-state index in [-0.39, 0.29) is 11.3 Å². The number of aliphatic hydroxyl groups is 3. The number of phenols is 3. The van der Waals surface area contributed by atoms with Gasteiger partial charge in [0, 0.05) is 11.6 Å². The Morgan fingerprint density at radius 2 is 1.56 bits per heavy atom. The van der Waals surface area contributed by atoms with Gasteiger partial charge < -0.3 is 54.7 Å². The molecule has 1 aliphatic rings. The van der Waals surface area contributed by atoms with Crippen LogP contribution in [0.2, 0.25) is 0 Å². The van der Waals surface area contributed by atoms with Crippen molar-refractivity contribution in [2.75, 3.05) is 0 Å². The molecule has 1 saturated heterocycles. The van der Waals surface area contributed by atoms with Crippen LogP contribution in [-0.4, -0.2) is 77.5 Å². The van der Waals surface area contributed by atoms with Crippen molar-refractivity contribution in [2.45, 2.75) is 30.7 Å². The Kier molecular flexibility index (Phi) is 5.70. The largest absolute Gasteiger partial charge is 0.508 e. The van der Waals surface area contributed by atoms with Crippen molar-refractivity contribution in [1.82, 2.24) is 0 Å². The van der Waals surface area contributed by atoms with Crippen LogP contribution >= 0.6 is 0 Å². The molecule has 0 spiro atoms. The van der Waals surface area contributed by atoms with Crippen molar-refractivity contribution < 1.29 is 59.5 Å². The van der Waals surface area contributed by atoms with Crippen LogP contribution in [0.15, 0.2) is 39.5 Å². The summed E-state index contributed by atoms with van der Waals surface area (Å²) < 4.78 is 15.9. The van der Waals surface area contributed by atoms with Gasteiger partial charge in [-0.2, -0.15) is 0 Å². The molecule has 0 saturated carbocycles. The summed E-state index contributed by atoms with van der Waals surface area (Å²) in [5, 5.41) is 78.9. The van der Waals surface area contributed by atoms with Crippen LogP contribution in [0.1, 0.15) is 0 Å². The van der Waals surface area contributed by atoms with Gasteiger partial charge >= 0.3 is 5.97 Å². The maximum absolute atomic E-state index is 12.8. The third-order valence-electron chi connectivity index (χ3n) is 5.23. The second-order valence-electron chi connectivity index (χ2n) is 7.46. The molecule has 8 N–H and O–H groups in total. The first-order chi connectivity index (χ1) is 16.0. The number of ether oxygens (including phenoxy) is 2. The number of hydrogen-bond donors (Lipinski definition) is 8. The van der Waals surface area contributed by atoms with Gasteiger partial charge in [0.25, 0.3) is 0 Å². The third kappa shape index (κ3) is 3.72. The van der Waals surface area contributed by atoms with Gasteiger partial charge in [-0.25, -0.2) is 4.79 Å². The predicted molar refractivity (Wildman–Crippen MR) is 110 cm³/mol. The van der Waals surface area contributed by atoms with E-state index in [2.05, 4.69) is 0 Å². The number of hydrogen-bond acceptors (Lipinski definition) is 12. The number of carboxylic acids is 1. The lowest BCUT2D eigenvalue weighted by atomic mass is 9.99. The van der Waals surface area contributed by atoms with Crippen LogP contribution in [0.3, 0.4) is 0 Å². The molecule has 5 atom stereocenters. The number of phenolic OH excluding ortho intramolecular Hbond substituents is 3. The standard InChI is InChI=1S/C21H18O13/c22-7-3-1-6(2-4-7)16-13(27)11(25)10-8(23)5-9(24)17(18(10)32-16)33-21-15(29)12(26)14(28)19(34-21)20(30)31/h1-5,12,14-15,19,21-24,26-29H,(H,30,31)/t12-,14-,15+,19+,21+/m0/s1. The van der Waals surface area contributed by atoms with Crippen LogP contribution in [0.25, 0.3) is 22.3 Å². The fourth-order valence-corrected chi connectivity index (χ4v) is 3.49. The minimum absolute atomic E-state index is 0.113. The molecular weight excluding hydrogens is 460 g/mol. The van der Waals surface area contributed by atoms with Crippen LogP contribution in [-0.2, 0) is 9.53 Å². The molecule has 1 aliphatic heterocycles. The van der Waals surface area contributed by atoms with E-state index in [1.54, 1.807) is 0 Å². The van der Waals surface area contributed by atoms with E-state index in [9.17, 15) is 50.4 Å². The number of aliphatic hydroxyl groups excluding tert-OH is 3. The summed E-state index contributed by atoms with van der Waals surface area (Å²) in [6, 6.07) is 5.74. The Morgan fingerprint density at radius 3 is 2.18 bits per heavy atom. The van der Waals surface area contributed by atoms with Crippen molar-refractivity contribution >= 4 is 16.9 Å². The van der Waals surface area contributed by atoms with Gasteiger partial charge in [-0.05, 0) is 24.3 Å². The minimum atomic E-state index is -2.02. The number of carbonyl (C=O) groups is 1. The summed E-state index contributed by atoms with van der Waals surface area (Å²) in [4.78, 5) is 24.1. The molecule has 3 aromatic rings. The number of benzene rings is 2. The maximum atomic E-state index is 12.8. The summed E-state index contributed by atoms with van der Waals surface area (Å²) in [6.45, 7) is 0. The van der Waals surface area contributed by atoms with E-state index >= 15 is 0 Å². The molecule has 0 bridgehead atoms. The first-order valence-corrected chi connectivity index (χ1v) is 9.64. The van der Waals surface area contributed by atoms with Crippen LogP contribution in [0, 0.1) is 0 Å². The molecule has 2 aromatic carbocycles. The van der Waals surface area contributed by atoms with Crippen molar-refractivity contribution in [2.24, 2.45) is 0 Å². The smallest absolute Gasteiger partial charge is 0.335 e. The third-order valence-corrected chi connectivity index (χ3v) is 5.23. The summed E-state index contributed by atoms with van der Waals surface area (Å²) in [6.07, 6.45) is -10.0. The molecule has 180 valence electrons. The quantitative estimate of drug-likeness (QED) is 0.238. The van der Waals surface area contributed by atoms with Crippen molar-refractivity contribution in [3.8, 4) is 40.1 Å². The molecule has 0 amide bonds. The lowest BCUT2D eigenvalue weighted by Crippen LogP contribution is -2.61. The predicted octanol–water partition coefficient (Wildman–Crippen LogP) is -0.447. The lowest BCUT2D eigenvalue weighted by Gasteiger charge is -2.38. The monoisotopic (exact) mass is 478 g/mol. The van der Waals surface area contributed by atoms with Crippen molar-refractivity contribution in [1.29, 1.82) is 0 Å². The highest BCUT2D eigenvalue weighted by Gasteiger charge is 2.48. The highest BCUT2D eigenvalue weighted by molar-refractivity contribution is 5.93. The molecule has 0 radical (unpaired) electrons. The molecule has 13 heteroatoms. The van der Waals surface area contributed by atoms with E-state index < -0.39 is 81.8 Å². The number of rotatable bonds is 4. The first kappa shape index (κ1) is 23.1. The van der Waals surface area contributed by atoms with Gasteiger partial charge in [-0.3, -0.25) is 4.79 Å². The topological polar surface area (TPSA) is 228 Å². The highest BCUT2D eigenvalue weighted by Crippen LogP contribution is 2.43. The Bertz CT molecular complexity index is 1310. The lowest BCUT2D eigenvalue weighted by molar-refractivity contribution is -0.271. The molecule has 13 nitrogen and oxygen atoms in total. The Balaban J connectivity index is 1.88. The van der Waals surface area contributed by atoms with E-state index in [1.165, 1.54) is 24.3 Å². The summed E-state index contributed by atoms with van der Waals surface area (Å²) >= 11 is 0. The molecule has 1 aromatic heterocycles. The average molecular weight is 478 g/mol. The van der Waals surface area contributed by atoms with Gasteiger partial charge in [-0.1, -0.05) is 0 Å². The zero-order valence-corrected chi connectivity index (χ0v) is 16.9. The molecule has 34 heavy (non-hydrogen) atoms. The fraction of sp³-hybridized carbons (Fsp3) is 0.238. The van der Waals surface area contributed by atoms with Gasteiger partial charge in [0.2, 0.25) is 23.2 Å². The first-order valence-electron chi connectivity index (χ1n) is 9.64. The van der Waals surface area contributed by atoms with Crippen LogP contribution in [0.4, 0.5) is 0 Å². The fourth-order valence-electron chi connectivity index (χ4n) is 3.49. The number of carboxylic acid groups (broad SMARTS) is 1. The molecule has 2 heterocycles. The van der Waals surface area contributed by atoms with Gasteiger partial charge in [0.15, 0.2) is 23.2 Å². The summed E-state index contributed by atoms with van der Waals surface area (Å²) in [5.74, 6) is -5.49. The summed E-state index contributed by atoms with van der Waals surface area (Å²) in [7, 11) is 0. The number of aliphatic carboxylic acids is 1. The number of fused-ring (bicyclic) bond motifs is 1. The van der Waals surface area contributed by atoms with Crippen molar-refractivity contribution in [3.05, 3.63) is 40.6 Å².